The molecule has 106 valence electrons. The molecule has 7 nitrogen and oxygen atoms in total. The number of rotatable bonds is 5. The topological polar surface area (TPSA) is 98.2 Å². The van der Waals surface area contributed by atoms with Crippen molar-refractivity contribution in [3.63, 3.8) is 0 Å². The van der Waals surface area contributed by atoms with Gasteiger partial charge in [-0.25, -0.2) is 0 Å². The molecule has 0 saturated carbocycles. The Balaban J connectivity index is 2.01. The van der Waals surface area contributed by atoms with Gasteiger partial charge in [-0.3, -0.25) is 9.59 Å². The number of amides is 1. The Morgan fingerprint density at radius 2 is 1.90 bits per heavy atom. The minimum Gasteiger partial charge on any atom is -0.461 e. The van der Waals surface area contributed by atoms with Gasteiger partial charge in [0.15, 0.2) is 5.76 Å². The molecule has 0 aliphatic heterocycles. The van der Waals surface area contributed by atoms with Crippen LogP contribution in [0.4, 0.5) is 0 Å². The van der Waals surface area contributed by atoms with Crippen molar-refractivity contribution in [1.82, 2.24) is 15.5 Å². The Hall–Kier alpha value is -2.44. The standard InChI is InChI=1S/C13H15N3O4/c1-7(2)12-15-16-13(20-12)8(3)14-11(18)10(17)9-5-4-6-19-9/h4-8H,1-3H3,(H,14,18). The fourth-order valence-corrected chi connectivity index (χ4v) is 1.50. The molecule has 1 amide bonds. The average molecular weight is 277 g/mol. The zero-order valence-electron chi connectivity index (χ0n) is 11.4. The summed E-state index contributed by atoms with van der Waals surface area (Å²) < 4.78 is 10.3. The molecule has 2 rings (SSSR count). The number of nitrogens with zero attached hydrogens (tertiary/aromatic N) is 2. The Kier molecular flexibility index (Phi) is 3.97. The summed E-state index contributed by atoms with van der Waals surface area (Å²) in [6, 6.07) is 2.41. The molecule has 0 aliphatic rings. The van der Waals surface area contributed by atoms with Crippen molar-refractivity contribution in [2.24, 2.45) is 0 Å². The summed E-state index contributed by atoms with van der Waals surface area (Å²) in [7, 11) is 0. The first-order chi connectivity index (χ1) is 9.49. The van der Waals surface area contributed by atoms with E-state index in [0.717, 1.165) is 0 Å². The second kappa shape index (κ2) is 5.68. The van der Waals surface area contributed by atoms with Gasteiger partial charge in [0.25, 0.3) is 11.7 Å². The summed E-state index contributed by atoms with van der Waals surface area (Å²) in [5.74, 6) is -0.693. The smallest absolute Gasteiger partial charge is 0.296 e. The number of nitrogens with one attached hydrogen (secondary N) is 1. The van der Waals surface area contributed by atoms with Gasteiger partial charge in [0.2, 0.25) is 11.8 Å². The monoisotopic (exact) mass is 277 g/mol. The lowest BCUT2D eigenvalue weighted by molar-refractivity contribution is -0.117. The van der Waals surface area contributed by atoms with Gasteiger partial charge in [0.05, 0.1) is 6.26 Å². The van der Waals surface area contributed by atoms with Crippen LogP contribution in [0.1, 0.15) is 55.1 Å². The number of hydrogen-bond donors (Lipinski definition) is 1. The van der Waals surface area contributed by atoms with E-state index in [4.69, 9.17) is 8.83 Å². The molecule has 0 radical (unpaired) electrons. The molecule has 0 aromatic carbocycles. The second-order valence-electron chi connectivity index (χ2n) is 4.63. The van der Waals surface area contributed by atoms with E-state index in [0.29, 0.717) is 5.89 Å². The van der Waals surface area contributed by atoms with Crippen LogP contribution in [0.15, 0.2) is 27.2 Å². The minimum absolute atomic E-state index is 0.0110. The van der Waals surface area contributed by atoms with Crippen molar-refractivity contribution < 1.29 is 18.4 Å². The van der Waals surface area contributed by atoms with Gasteiger partial charge in [-0.1, -0.05) is 13.8 Å². The Labute approximate surface area is 115 Å². The van der Waals surface area contributed by atoms with Gasteiger partial charge in [0.1, 0.15) is 6.04 Å². The highest BCUT2D eigenvalue weighted by Gasteiger charge is 2.23. The molecule has 0 saturated heterocycles. The SMILES string of the molecule is CC(C)c1nnc(C(C)NC(=O)C(=O)c2ccco2)o1. The Morgan fingerprint density at radius 1 is 1.20 bits per heavy atom. The number of aromatic nitrogens is 2. The van der Waals surface area contributed by atoms with Gasteiger partial charge in [-0.15, -0.1) is 10.2 Å². The summed E-state index contributed by atoms with van der Waals surface area (Å²) >= 11 is 0. The van der Waals surface area contributed by atoms with Crippen molar-refractivity contribution in [1.29, 1.82) is 0 Å². The van der Waals surface area contributed by atoms with Gasteiger partial charge in [-0.05, 0) is 19.1 Å². The minimum atomic E-state index is -0.781. The normalized spacial score (nSPS) is 12.4. The van der Waals surface area contributed by atoms with E-state index in [1.807, 2.05) is 13.8 Å². The molecule has 7 heteroatoms. The molecule has 2 heterocycles. The summed E-state index contributed by atoms with van der Waals surface area (Å²) in [4.78, 5) is 23.5. The first-order valence-electron chi connectivity index (χ1n) is 6.21. The van der Waals surface area contributed by atoms with Crippen LogP contribution >= 0.6 is 0 Å². The van der Waals surface area contributed by atoms with Crippen molar-refractivity contribution in [2.45, 2.75) is 32.7 Å². The molecular weight excluding hydrogens is 262 g/mol. The molecule has 0 bridgehead atoms. The van der Waals surface area contributed by atoms with Gasteiger partial charge in [-0.2, -0.15) is 0 Å². The highest BCUT2D eigenvalue weighted by atomic mass is 16.4. The van der Waals surface area contributed by atoms with Crippen molar-refractivity contribution in [3.05, 3.63) is 35.9 Å². The third-order valence-electron chi connectivity index (χ3n) is 2.62. The van der Waals surface area contributed by atoms with Crippen LogP contribution in [0.5, 0.6) is 0 Å². The van der Waals surface area contributed by atoms with E-state index in [2.05, 4.69) is 15.5 Å². The predicted octanol–water partition coefficient (Wildman–Crippen LogP) is 1.85. The fraction of sp³-hybridized carbons (Fsp3) is 0.385. The zero-order chi connectivity index (χ0) is 14.7. The summed E-state index contributed by atoms with van der Waals surface area (Å²) in [5.41, 5.74) is 0. The van der Waals surface area contributed by atoms with Crippen molar-refractivity contribution >= 4 is 11.7 Å². The first-order valence-corrected chi connectivity index (χ1v) is 6.21. The third kappa shape index (κ3) is 2.93. The lowest BCUT2D eigenvalue weighted by atomic mass is 10.2. The Morgan fingerprint density at radius 3 is 2.45 bits per heavy atom. The molecule has 2 aromatic rings. The average Bonchev–Trinajstić information content (AvgIpc) is 3.08. The van der Waals surface area contributed by atoms with E-state index < -0.39 is 17.7 Å². The lowest BCUT2D eigenvalue weighted by Gasteiger charge is -2.08. The molecule has 1 atom stereocenters. The van der Waals surface area contributed by atoms with Crippen LogP contribution in [-0.4, -0.2) is 21.9 Å². The number of Topliss-reactive ketones (excluding diaryl/α,β-unsaturated/α-hetero) is 1. The fourth-order valence-electron chi connectivity index (χ4n) is 1.50. The van der Waals surface area contributed by atoms with Crippen LogP contribution in [0, 0.1) is 0 Å². The van der Waals surface area contributed by atoms with Crippen LogP contribution in [0.2, 0.25) is 0 Å². The molecule has 1 unspecified atom stereocenters. The highest BCUT2D eigenvalue weighted by Crippen LogP contribution is 2.16. The van der Waals surface area contributed by atoms with Crippen LogP contribution in [0.3, 0.4) is 0 Å². The van der Waals surface area contributed by atoms with E-state index in [1.165, 1.54) is 18.4 Å². The third-order valence-corrected chi connectivity index (χ3v) is 2.62. The van der Waals surface area contributed by atoms with Crippen molar-refractivity contribution in [3.8, 4) is 0 Å². The van der Waals surface area contributed by atoms with E-state index in [1.54, 1.807) is 6.92 Å². The Bertz CT molecular complexity index is 601. The zero-order valence-corrected chi connectivity index (χ0v) is 11.4. The molecule has 0 spiro atoms. The number of furan rings is 1. The van der Waals surface area contributed by atoms with Crippen LogP contribution in [-0.2, 0) is 4.79 Å². The highest BCUT2D eigenvalue weighted by molar-refractivity contribution is 6.42. The van der Waals surface area contributed by atoms with Crippen molar-refractivity contribution in [2.75, 3.05) is 0 Å². The van der Waals surface area contributed by atoms with E-state index in [-0.39, 0.29) is 17.6 Å². The number of ketones is 1. The summed E-state index contributed by atoms with van der Waals surface area (Å²) in [5, 5.41) is 10.2. The maximum Gasteiger partial charge on any atom is 0.296 e. The number of hydrogen-bond acceptors (Lipinski definition) is 6. The molecule has 1 N–H and O–H groups in total. The van der Waals surface area contributed by atoms with Gasteiger partial charge < -0.3 is 14.2 Å². The largest absolute Gasteiger partial charge is 0.461 e. The van der Waals surface area contributed by atoms with Crippen LogP contribution < -0.4 is 5.32 Å². The first kappa shape index (κ1) is 14.0. The summed E-state index contributed by atoms with van der Waals surface area (Å²) in [6.45, 7) is 5.49. The lowest BCUT2D eigenvalue weighted by Crippen LogP contribution is -2.33. The maximum atomic E-state index is 11.8. The predicted molar refractivity (Wildman–Crippen MR) is 68.0 cm³/mol. The molecule has 2 aromatic heterocycles. The number of carbonyl (C=O) groups is 2. The second-order valence-corrected chi connectivity index (χ2v) is 4.63. The van der Waals surface area contributed by atoms with Gasteiger partial charge >= 0.3 is 0 Å². The quantitative estimate of drug-likeness (QED) is 0.661. The van der Waals surface area contributed by atoms with E-state index in [9.17, 15) is 9.59 Å². The summed E-state index contributed by atoms with van der Waals surface area (Å²) in [6.07, 6.45) is 1.33. The number of carbonyl (C=O) groups excluding carboxylic acids is 2. The maximum absolute atomic E-state index is 11.8. The molecule has 20 heavy (non-hydrogen) atoms. The molecule has 0 fully saturated rings. The van der Waals surface area contributed by atoms with E-state index >= 15 is 0 Å². The molecule has 0 aliphatic carbocycles. The molecular formula is C13H15N3O4. The van der Waals surface area contributed by atoms with Gasteiger partial charge in [0, 0.05) is 5.92 Å². The van der Waals surface area contributed by atoms with Crippen LogP contribution in [0.25, 0.3) is 0 Å².